The van der Waals surface area contributed by atoms with Crippen LogP contribution in [0.4, 0.5) is 10.5 Å². The molecule has 9 nitrogen and oxygen atoms in total. The molecule has 0 radical (unpaired) electrons. The number of carbonyl (C=O) groups excluding carboxylic acids is 1. The third-order valence-electron chi connectivity index (χ3n) is 14.9. The molecule has 4 aromatic carbocycles. The Kier molecular flexibility index (Phi) is 11.8. The van der Waals surface area contributed by atoms with Crippen molar-refractivity contribution in [3.63, 3.8) is 0 Å². The molecule has 4 aliphatic rings. The number of ether oxygens (including phenoxy) is 5. The molecule has 0 aromatic heterocycles. The van der Waals surface area contributed by atoms with E-state index in [-0.39, 0.29) is 29.7 Å². The Balaban J connectivity index is 1.23. The number of nitrogens with zero attached hydrogens (tertiary/aromatic N) is 2. The van der Waals surface area contributed by atoms with Crippen molar-refractivity contribution in [3.05, 3.63) is 137 Å². The summed E-state index contributed by atoms with van der Waals surface area (Å²) in [6, 6.07) is 35.1. The molecule has 324 valence electrons. The van der Waals surface area contributed by atoms with Crippen LogP contribution in [0.25, 0.3) is 0 Å². The van der Waals surface area contributed by atoms with Gasteiger partial charge in [0.25, 0.3) is 0 Å². The molecule has 2 aliphatic carbocycles. The summed E-state index contributed by atoms with van der Waals surface area (Å²) >= 11 is 0. The fraction of sp³-hybridized carbons (Fsp3) is 0.471. The van der Waals surface area contributed by atoms with E-state index in [1.165, 1.54) is 16.8 Å². The van der Waals surface area contributed by atoms with Gasteiger partial charge in [-0.3, -0.25) is 0 Å². The number of likely N-dealkylation sites (tertiary alicyclic amines) is 1. The zero-order valence-electron chi connectivity index (χ0n) is 37.4. The van der Waals surface area contributed by atoms with Crippen molar-refractivity contribution in [3.8, 4) is 11.5 Å². The number of carbonyl (C=O) groups is 1. The molecule has 2 aliphatic heterocycles. The first kappa shape index (κ1) is 42.9. The summed E-state index contributed by atoms with van der Waals surface area (Å²) in [5, 5.41) is 0.00610. The first-order valence-electron chi connectivity index (χ1n) is 21.9. The molecule has 0 bridgehead atoms. The quantitative estimate of drug-likeness (QED) is 0.0815. The first-order chi connectivity index (χ1) is 29.3. The van der Waals surface area contributed by atoms with Gasteiger partial charge in [-0.1, -0.05) is 93.6 Å². The molecular formula is C51H64N2O7Si. The summed E-state index contributed by atoms with van der Waals surface area (Å²) in [6.45, 7) is 14.6. The molecule has 1 unspecified atom stereocenters. The fourth-order valence-electron chi connectivity index (χ4n) is 10.9. The Labute approximate surface area is 364 Å². The van der Waals surface area contributed by atoms with Gasteiger partial charge in [0, 0.05) is 43.3 Å². The summed E-state index contributed by atoms with van der Waals surface area (Å²) in [5.41, 5.74) is 4.30. The van der Waals surface area contributed by atoms with Crippen LogP contribution in [-0.2, 0) is 43.8 Å². The highest BCUT2D eigenvalue weighted by Gasteiger charge is 2.80. The first-order valence-corrected chi connectivity index (χ1v) is 24.8. The van der Waals surface area contributed by atoms with Crippen LogP contribution in [0.15, 0.2) is 115 Å². The van der Waals surface area contributed by atoms with Gasteiger partial charge in [-0.2, -0.15) is 0 Å². The Hall–Kier alpha value is -4.77. The predicted molar refractivity (Wildman–Crippen MR) is 242 cm³/mol. The van der Waals surface area contributed by atoms with Crippen LogP contribution in [0.5, 0.6) is 11.5 Å². The molecule has 2 heterocycles. The lowest BCUT2D eigenvalue weighted by molar-refractivity contribution is -0.0535. The van der Waals surface area contributed by atoms with Crippen LogP contribution in [0.3, 0.4) is 0 Å². The van der Waals surface area contributed by atoms with Gasteiger partial charge in [0.05, 0.1) is 50.7 Å². The second-order valence-electron chi connectivity index (χ2n) is 19.1. The molecule has 8 rings (SSSR count). The number of anilines is 1. The zero-order valence-corrected chi connectivity index (χ0v) is 38.4. The summed E-state index contributed by atoms with van der Waals surface area (Å²) in [5.74, 6) is 2.52. The van der Waals surface area contributed by atoms with Gasteiger partial charge in [-0.05, 0) is 102 Å². The van der Waals surface area contributed by atoms with Gasteiger partial charge in [0.15, 0.2) is 8.32 Å². The molecule has 5 atom stereocenters. The van der Waals surface area contributed by atoms with Crippen LogP contribution in [0, 0.1) is 11.3 Å². The van der Waals surface area contributed by atoms with Crippen molar-refractivity contribution in [1.29, 1.82) is 0 Å². The van der Waals surface area contributed by atoms with Gasteiger partial charge >= 0.3 is 6.09 Å². The third kappa shape index (κ3) is 7.42. The van der Waals surface area contributed by atoms with E-state index in [1.807, 2.05) is 54.6 Å². The van der Waals surface area contributed by atoms with Crippen LogP contribution < -0.4 is 14.4 Å². The number of rotatable bonds is 16. The maximum Gasteiger partial charge on any atom is 0.410 e. The lowest BCUT2D eigenvalue weighted by Crippen LogP contribution is -2.70. The van der Waals surface area contributed by atoms with Crippen molar-refractivity contribution in [2.24, 2.45) is 11.3 Å². The standard InChI is InChI=1S/C51H64N2O7Si/c1-48(2,3)61(7,8)60-36-49(27-14-30-58-34-39-21-25-41(56-5)26-22-39)28-29-50-31-45(57-6)43-33-52(47(54)59-35-38-15-10-9-11-16-38)46(49)51(43,50)42-17-12-13-18-44(42)53(50)32-37-19-23-40(55-4)24-20-37/h9-13,15-26,31,43,46H,14,27-30,32-36H2,1-8H3/t43-,46+,49-,50-,51?/m1/s1. The summed E-state index contributed by atoms with van der Waals surface area (Å²) < 4.78 is 37.5. The van der Waals surface area contributed by atoms with Crippen molar-refractivity contribution in [1.82, 2.24) is 4.90 Å². The van der Waals surface area contributed by atoms with Crippen LogP contribution in [-0.4, -0.2) is 72.0 Å². The lowest BCUT2D eigenvalue weighted by atomic mass is 9.48. The number of benzene rings is 4. The normalized spacial score (nSPS) is 25.1. The van der Waals surface area contributed by atoms with E-state index in [2.05, 4.69) is 98.3 Å². The van der Waals surface area contributed by atoms with Crippen LogP contribution >= 0.6 is 0 Å². The molecule has 1 saturated heterocycles. The van der Waals surface area contributed by atoms with E-state index < -0.39 is 24.7 Å². The molecule has 4 aromatic rings. The van der Waals surface area contributed by atoms with E-state index in [4.69, 9.17) is 28.1 Å². The van der Waals surface area contributed by atoms with Gasteiger partial charge in [0.2, 0.25) is 0 Å². The molecule has 61 heavy (non-hydrogen) atoms. The van der Waals surface area contributed by atoms with Gasteiger partial charge in [0.1, 0.15) is 18.1 Å². The summed E-state index contributed by atoms with van der Waals surface area (Å²) in [7, 11) is 2.94. The summed E-state index contributed by atoms with van der Waals surface area (Å²) in [6.07, 6.45) is 5.51. The van der Waals surface area contributed by atoms with Crippen molar-refractivity contribution in [2.45, 2.75) is 101 Å². The lowest BCUT2D eigenvalue weighted by Gasteiger charge is -2.60. The highest BCUT2D eigenvalue weighted by atomic mass is 28.4. The number of fused-ring (bicyclic) bond motifs is 1. The number of para-hydroxylation sites is 1. The molecule has 0 N–H and O–H groups in total. The Morgan fingerprint density at radius 1 is 0.770 bits per heavy atom. The van der Waals surface area contributed by atoms with Crippen LogP contribution in [0.2, 0.25) is 18.1 Å². The molecule has 1 amide bonds. The molecule has 10 heteroatoms. The van der Waals surface area contributed by atoms with E-state index in [9.17, 15) is 0 Å². The van der Waals surface area contributed by atoms with E-state index >= 15 is 4.79 Å². The van der Waals surface area contributed by atoms with Gasteiger partial charge in [-0.15, -0.1) is 0 Å². The topological polar surface area (TPSA) is 78.9 Å². The molecule has 2 fully saturated rings. The SMILES string of the molecule is COC1=C[C@]23CC[C@](CCCOCc4ccc(OC)cc4)(CO[Si](C)(C)C(C)(C)C)[C@@H]4N(C(=O)OCc5ccccc5)C[C@H]1C42c1ccccc1N3Cc1ccc(OC)cc1. The number of hydrogen-bond acceptors (Lipinski definition) is 8. The van der Waals surface area contributed by atoms with E-state index in [0.29, 0.717) is 32.9 Å². The maximum absolute atomic E-state index is 15.1. The number of hydrogen-bond donors (Lipinski definition) is 0. The van der Waals surface area contributed by atoms with Gasteiger partial charge < -0.3 is 37.9 Å². The maximum atomic E-state index is 15.1. The average Bonchev–Trinajstić information content (AvgIpc) is 3.87. The third-order valence-corrected chi connectivity index (χ3v) is 19.4. The van der Waals surface area contributed by atoms with Crippen LogP contribution in [0.1, 0.15) is 68.7 Å². The smallest absolute Gasteiger partial charge is 0.410 e. The van der Waals surface area contributed by atoms with Gasteiger partial charge in [-0.25, -0.2) is 4.79 Å². The fourth-order valence-corrected chi connectivity index (χ4v) is 12.0. The van der Waals surface area contributed by atoms with Crippen molar-refractivity contribution < 1.29 is 32.9 Å². The zero-order chi connectivity index (χ0) is 43.0. The van der Waals surface area contributed by atoms with Crippen molar-refractivity contribution >= 4 is 20.1 Å². The minimum atomic E-state index is -2.25. The Morgan fingerprint density at radius 2 is 1.41 bits per heavy atom. The largest absolute Gasteiger partial charge is 0.501 e. The number of methoxy groups -OCH3 is 3. The molecule has 1 saturated carbocycles. The van der Waals surface area contributed by atoms with E-state index in [1.54, 1.807) is 21.3 Å². The minimum Gasteiger partial charge on any atom is -0.501 e. The highest BCUT2D eigenvalue weighted by molar-refractivity contribution is 6.74. The predicted octanol–water partition coefficient (Wildman–Crippen LogP) is 10.7. The Bertz CT molecular complexity index is 2190. The second-order valence-corrected chi connectivity index (χ2v) is 23.9. The van der Waals surface area contributed by atoms with Crippen molar-refractivity contribution in [2.75, 3.05) is 46.0 Å². The number of amides is 1. The monoisotopic (exact) mass is 844 g/mol. The van der Waals surface area contributed by atoms with E-state index in [0.717, 1.165) is 54.1 Å². The average molecular weight is 845 g/mol. The minimum absolute atomic E-state index is 0.00610. The highest BCUT2D eigenvalue weighted by Crippen LogP contribution is 2.74. The Morgan fingerprint density at radius 3 is 2.07 bits per heavy atom. The molecule has 1 spiro atoms. The molecular weight excluding hydrogens is 781 g/mol. The second kappa shape index (κ2) is 16.8. The summed E-state index contributed by atoms with van der Waals surface area (Å²) in [4.78, 5) is 19.8.